The molecule has 182 valence electrons. The van der Waals surface area contributed by atoms with Crippen LogP contribution in [0.3, 0.4) is 0 Å². The predicted molar refractivity (Wildman–Crippen MR) is 137 cm³/mol. The molecule has 1 saturated heterocycles. The number of primary amides is 1. The number of likely N-dealkylation sites (tertiary alicyclic amines) is 1. The second-order valence-electron chi connectivity index (χ2n) is 9.39. The summed E-state index contributed by atoms with van der Waals surface area (Å²) in [6.07, 6.45) is 5.48. The fraction of sp³-hybridized carbons (Fsp3) is 0.481. The molecular weight excluding hydrogens is 426 g/mol. The normalized spacial score (nSPS) is 14.6. The van der Waals surface area contributed by atoms with Crippen molar-refractivity contribution in [3.8, 4) is 16.8 Å². The van der Waals surface area contributed by atoms with Crippen LogP contribution in [0.25, 0.3) is 16.8 Å². The van der Waals surface area contributed by atoms with Crippen LogP contribution in [0.15, 0.2) is 35.1 Å². The number of carbonyl (C=O) groups is 1. The summed E-state index contributed by atoms with van der Waals surface area (Å²) in [6, 6.07) is 9.61. The van der Waals surface area contributed by atoms with Gasteiger partial charge in [-0.15, -0.1) is 0 Å². The van der Waals surface area contributed by atoms with Crippen LogP contribution in [0, 0.1) is 13.8 Å². The van der Waals surface area contributed by atoms with E-state index in [0.29, 0.717) is 11.1 Å². The number of para-hydroxylation sites is 1. The number of aromatic nitrogens is 3. The topological polar surface area (TPSA) is 78.2 Å². The van der Waals surface area contributed by atoms with Gasteiger partial charge in [-0.05, 0) is 58.3 Å². The Labute approximate surface area is 201 Å². The van der Waals surface area contributed by atoms with Gasteiger partial charge >= 0.3 is 0 Å². The standard InChI is InChI=1S/C27H37N5O2/c1-5-12-22-25(24-19(2)29(4)32(27(24)34)21-13-8-6-9-14-21)23(26(28)33)20(3)31(22)18-17-30-15-10-7-11-16-30/h6,8-9,13-14H,5,7,10-12,15-18H2,1-4H3,(H2,28,33). The van der Waals surface area contributed by atoms with E-state index in [4.69, 9.17) is 5.73 Å². The van der Waals surface area contributed by atoms with E-state index >= 15 is 0 Å². The van der Waals surface area contributed by atoms with Gasteiger partial charge in [-0.25, -0.2) is 4.68 Å². The first kappa shape index (κ1) is 24.1. The molecule has 0 saturated carbocycles. The van der Waals surface area contributed by atoms with Gasteiger partial charge in [0.25, 0.3) is 11.5 Å². The smallest absolute Gasteiger partial charge is 0.279 e. The van der Waals surface area contributed by atoms with Crippen LogP contribution in [0.2, 0.25) is 0 Å². The number of amides is 1. The highest BCUT2D eigenvalue weighted by atomic mass is 16.1. The molecule has 4 rings (SSSR count). The van der Waals surface area contributed by atoms with E-state index in [9.17, 15) is 9.59 Å². The Morgan fingerprint density at radius 1 is 0.971 bits per heavy atom. The molecule has 1 amide bonds. The lowest BCUT2D eigenvalue weighted by Gasteiger charge is -2.27. The zero-order valence-electron chi connectivity index (χ0n) is 20.9. The van der Waals surface area contributed by atoms with Crippen molar-refractivity contribution in [3.05, 3.63) is 63.3 Å². The summed E-state index contributed by atoms with van der Waals surface area (Å²) in [5.41, 5.74) is 11.1. The first-order valence-electron chi connectivity index (χ1n) is 12.4. The second kappa shape index (κ2) is 10.1. The van der Waals surface area contributed by atoms with Gasteiger partial charge in [-0.1, -0.05) is 38.0 Å². The lowest BCUT2D eigenvalue weighted by molar-refractivity contribution is 0.1000. The third-order valence-corrected chi connectivity index (χ3v) is 7.26. The number of rotatable bonds is 8. The van der Waals surface area contributed by atoms with Crippen molar-refractivity contribution in [2.75, 3.05) is 19.6 Å². The molecule has 2 aromatic heterocycles. The molecule has 0 atom stereocenters. The van der Waals surface area contributed by atoms with Crippen LogP contribution in [0.4, 0.5) is 0 Å². The van der Waals surface area contributed by atoms with Crippen LogP contribution in [-0.4, -0.2) is 44.4 Å². The summed E-state index contributed by atoms with van der Waals surface area (Å²) in [4.78, 5) is 29.1. The fourth-order valence-electron chi connectivity index (χ4n) is 5.45. The average Bonchev–Trinajstić information content (AvgIpc) is 3.22. The molecule has 0 bridgehead atoms. The molecule has 0 spiro atoms. The van der Waals surface area contributed by atoms with E-state index < -0.39 is 5.91 Å². The van der Waals surface area contributed by atoms with Crippen molar-refractivity contribution in [1.82, 2.24) is 18.8 Å². The van der Waals surface area contributed by atoms with Crippen LogP contribution in [-0.2, 0) is 20.0 Å². The number of benzene rings is 1. The Hall–Kier alpha value is -3.06. The quantitative estimate of drug-likeness (QED) is 0.552. The maximum absolute atomic E-state index is 13.8. The molecule has 7 nitrogen and oxygen atoms in total. The summed E-state index contributed by atoms with van der Waals surface area (Å²) in [7, 11) is 1.89. The van der Waals surface area contributed by atoms with Crippen molar-refractivity contribution in [2.45, 2.75) is 59.4 Å². The number of carbonyl (C=O) groups excluding carboxylic acids is 1. The van der Waals surface area contributed by atoms with E-state index in [1.807, 2.05) is 55.9 Å². The highest BCUT2D eigenvalue weighted by Gasteiger charge is 2.30. The van der Waals surface area contributed by atoms with E-state index in [0.717, 1.165) is 67.4 Å². The minimum Gasteiger partial charge on any atom is -0.366 e. The van der Waals surface area contributed by atoms with Gasteiger partial charge in [0, 0.05) is 42.8 Å². The third kappa shape index (κ3) is 4.25. The van der Waals surface area contributed by atoms with Gasteiger partial charge in [0.15, 0.2) is 0 Å². The Morgan fingerprint density at radius 2 is 1.65 bits per heavy atom. The van der Waals surface area contributed by atoms with E-state index in [1.165, 1.54) is 19.3 Å². The van der Waals surface area contributed by atoms with Crippen molar-refractivity contribution < 1.29 is 4.79 Å². The summed E-state index contributed by atoms with van der Waals surface area (Å²) < 4.78 is 5.78. The molecule has 0 aliphatic carbocycles. The molecule has 0 radical (unpaired) electrons. The summed E-state index contributed by atoms with van der Waals surface area (Å²) in [6.45, 7) is 10.0. The minimum absolute atomic E-state index is 0.126. The van der Waals surface area contributed by atoms with Crippen LogP contribution in [0.5, 0.6) is 0 Å². The molecule has 3 heterocycles. The van der Waals surface area contributed by atoms with Crippen molar-refractivity contribution in [3.63, 3.8) is 0 Å². The largest absolute Gasteiger partial charge is 0.366 e. The highest BCUT2D eigenvalue weighted by molar-refractivity contribution is 6.02. The van der Waals surface area contributed by atoms with Gasteiger partial charge < -0.3 is 15.2 Å². The molecule has 1 fully saturated rings. The lowest BCUT2D eigenvalue weighted by atomic mass is 9.98. The van der Waals surface area contributed by atoms with Crippen LogP contribution >= 0.6 is 0 Å². The van der Waals surface area contributed by atoms with Crippen molar-refractivity contribution in [1.29, 1.82) is 0 Å². The van der Waals surface area contributed by atoms with Gasteiger partial charge in [-0.2, -0.15) is 0 Å². The summed E-state index contributed by atoms with van der Waals surface area (Å²) in [5, 5.41) is 0. The number of hydrogen-bond donors (Lipinski definition) is 1. The number of hydrogen-bond acceptors (Lipinski definition) is 3. The zero-order chi connectivity index (χ0) is 24.4. The van der Waals surface area contributed by atoms with E-state index in [-0.39, 0.29) is 5.56 Å². The van der Waals surface area contributed by atoms with Gasteiger partial charge in [0.1, 0.15) is 0 Å². The first-order chi connectivity index (χ1) is 16.4. The highest BCUT2D eigenvalue weighted by Crippen LogP contribution is 2.34. The van der Waals surface area contributed by atoms with Gasteiger partial charge in [0.05, 0.1) is 16.8 Å². The van der Waals surface area contributed by atoms with Gasteiger partial charge in [-0.3, -0.25) is 14.3 Å². The molecular formula is C27H37N5O2. The molecule has 0 unspecified atom stereocenters. The number of nitrogens with two attached hydrogens (primary N) is 1. The second-order valence-corrected chi connectivity index (χ2v) is 9.39. The van der Waals surface area contributed by atoms with E-state index in [1.54, 1.807) is 4.68 Å². The monoisotopic (exact) mass is 463 g/mol. The first-order valence-corrected chi connectivity index (χ1v) is 12.4. The summed E-state index contributed by atoms with van der Waals surface area (Å²) >= 11 is 0. The van der Waals surface area contributed by atoms with Crippen LogP contribution in [0.1, 0.15) is 60.0 Å². The average molecular weight is 464 g/mol. The van der Waals surface area contributed by atoms with Crippen LogP contribution < -0.4 is 11.3 Å². The maximum Gasteiger partial charge on any atom is 0.279 e. The molecule has 7 heteroatoms. The third-order valence-electron chi connectivity index (χ3n) is 7.26. The zero-order valence-corrected chi connectivity index (χ0v) is 20.9. The van der Waals surface area contributed by atoms with Crippen molar-refractivity contribution in [2.24, 2.45) is 12.8 Å². The molecule has 1 aromatic carbocycles. The maximum atomic E-state index is 13.8. The Bertz CT molecular complexity index is 1230. The van der Waals surface area contributed by atoms with Gasteiger partial charge in [0.2, 0.25) is 0 Å². The molecule has 34 heavy (non-hydrogen) atoms. The number of piperidine rings is 1. The molecule has 1 aliphatic heterocycles. The Kier molecular flexibility index (Phi) is 7.12. The Balaban J connectivity index is 1.89. The predicted octanol–water partition coefficient (Wildman–Crippen LogP) is 3.80. The molecule has 1 aliphatic rings. The molecule has 3 aromatic rings. The summed E-state index contributed by atoms with van der Waals surface area (Å²) in [5.74, 6) is -0.476. The SMILES string of the molecule is CCCc1c(-c2c(C)n(C)n(-c3ccccc3)c2=O)c(C(N)=O)c(C)n1CCN1CCCCC1. The van der Waals surface area contributed by atoms with E-state index in [2.05, 4.69) is 16.4 Å². The van der Waals surface area contributed by atoms with Crippen molar-refractivity contribution >= 4 is 5.91 Å². The lowest BCUT2D eigenvalue weighted by Crippen LogP contribution is -2.33. The fourth-order valence-corrected chi connectivity index (χ4v) is 5.45. The number of nitrogens with zero attached hydrogens (tertiary/aromatic N) is 4. The molecule has 2 N–H and O–H groups in total. The minimum atomic E-state index is -0.476. The Morgan fingerprint density at radius 3 is 2.26 bits per heavy atom.